The molecular weight excluding hydrogens is 454 g/mol. The Labute approximate surface area is 213 Å². The first-order valence-electron chi connectivity index (χ1n) is 13.2. The molecule has 0 aliphatic heterocycles. The normalized spacial score (nSPS) is 34.1. The molecule has 0 bridgehead atoms. The summed E-state index contributed by atoms with van der Waals surface area (Å²) in [5.74, 6) is 0.774. The van der Waals surface area contributed by atoms with Crippen molar-refractivity contribution in [3.63, 3.8) is 0 Å². The molecule has 0 radical (unpaired) electrons. The minimum absolute atomic E-state index is 0.170. The van der Waals surface area contributed by atoms with Crippen molar-refractivity contribution in [1.82, 2.24) is 0 Å². The van der Waals surface area contributed by atoms with Gasteiger partial charge in [0.1, 0.15) is 0 Å². The number of carbonyl (C=O) groups is 2. The van der Waals surface area contributed by atoms with Gasteiger partial charge in [0.2, 0.25) is 0 Å². The van der Waals surface area contributed by atoms with Crippen molar-refractivity contribution in [2.45, 2.75) is 76.7 Å². The summed E-state index contributed by atoms with van der Waals surface area (Å²) in [6, 6.07) is 8.28. The first-order valence-corrected chi connectivity index (χ1v) is 13.2. The van der Waals surface area contributed by atoms with Crippen LogP contribution < -0.4 is 0 Å². The first-order chi connectivity index (χ1) is 17.3. The Hall–Kier alpha value is -2.57. The maximum atomic E-state index is 12.2. The fourth-order valence-corrected chi connectivity index (χ4v) is 7.73. The second kappa shape index (κ2) is 9.71. The largest absolute Gasteiger partial charge is 0.387 e. The minimum Gasteiger partial charge on any atom is -0.387 e. The second-order valence-corrected chi connectivity index (χ2v) is 11.3. The number of hydrogen-bond acceptors (Lipinski definition) is 6. The zero-order valence-corrected chi connectivity index (χ0v) is 21.6. The molecule has 6 nitrogen and oxygen atoms in total. The van der Waals surface area contributed by atoms with Gasteiger partial charge in [0.25, 0.3) is 0 Å². The predicted octanol–water partition coefficient (Wildman–Crippen LogP) is 5.25. The highest BCUT2D eigenvalue weighted by Crippen LogP contribution is 2.65. The number of benzene rings is 1. The molecule has 1 aromatic carbocycles. The monoisotopic (exact) mass is 491 g/mol. The highest BCUT2D eigenvalue weighted by molar-refractivity contribution is 5.93. The van der Waals surface area contributed by atoms with Gasteiger partial charge in [-0.25, -0.2) is 4.79 Å². The van der Waals surface area contributed by atoms with E-state index in [1.807, 2.05) is 18.2 Å². The Morgan fingerprint density at radius 2 is 1.97 bits per heavy atom. The topological polar surface area (TPSA) is 85.2 Å². The van der Waals surface area contributed by atoms with Crippen molar-refractivity contribution in [3.05, 3.63) is 58.2 Å². The average Bonchev–Trinajstić information content (AvgIpc) is 2.84. The van der Waals surface area contributed by atoms with Crippen molar-refractivity contribution < 1.29 is 24.3 Å². The standard InChI is InChI=1S/C30H37NO5/c1-19(32)36-31-17-20-6-8-21(9-7-20)26-16-29(2)27(5-4-14-30(29,34)18-35-3)25-12-10-22-15-23(33)11-13-24(22)28(25)26/h6-9,15,17,25-27,34H,4-5,10-14,16,18H2,1-3H3/b31-17+/t25?,26-,27?,29+,30-/m1/s1. The molecule has 0 saturated heterocycles. The summed E-state index contributed by atoms with van der Waals surface area (Å²) in [5.41, 5.74) is 5.10. The zero-order chi connectivity index (χ0) is 25.5. The van der Waals surface area contributed by atoms with E-state index in [9.17, 15) is 14.7 Å². The van der Waals surface area contributed by atoms with Crippen molar-refractivity contribution in [3.8, 4) is 0 Å². The Kier molecular flexibility index (Phi) is 6.77. The molecule has 5 rings (SSSR count). The quantitative estimate of drug-likeness (QED) is 0.345. The summed E-state index contributed by atoms with van der Waals surface area (Å²) < 4.78 is 5.58. The highest BCUT2D eigenvalue weighted by Gasteiger charge is 2.60. The number of ether oxygens (including phenoxy) is 1. The van der Waals surface area contributed by atoms with E-state index in [0.29, 0.717) is 24.9 Å². The van der Waals surface area contributed by atoms with Crippen LogP contribution in [0.2, 0.25) is 0 Å². The molecule has 2 saturated carbocycles. The lowest BCUT2D eigenvalue weighted by molar-refractivity contribution is -0.187. The fourth-order valence-electron chi connectivity index (χ4n) is 7.73. The minimum atomic E-state index is -0.853. The van der Waals surface area contributed by atoms with Crippen LogP contribution in [-0.2, 0) is 19.2 Å². The van der Waals surface area contributed by atoms with Gasteiger partial charge in [-0.05, 0) is 78.7 Å². The average molecular weight is 492 g/mol. The molecule has 6 heteroatoms. The lowest BCUT2D eigenvalue weighted by Crippen LogP contribution is -2.61. The summed E-state index contributed by atoms with van der Waals surface area (Å²) in [6.07, 6.45) is 10.6. The maximum absolute atomic E-state index is 12.2. The Bertz CT molecular complexity index is 1130. The lowest BCUT2D eigenvalue weighted by atomic mass is 9.45. The van der Waals surface area contributed by atoms with E-state index in [4.69, 9.17) is 9.57 Å². The van der Waals surface area contributed by atoms with Crippen LogP contribution in [-0.4, -0.2) is 42.4 Å². The smallest absolute Gasteiger partial charge is 0.331 e. The molecule has 4 aliphatic rings. The van der Waals surface area contributed by atoms with Crippen LogP contribution in [0.1, 0.15) is 82.3 Å². The van der Waals surface area contributed by atoms with E-state index in [1.165, 1.54) is 29.2 Å². The number of carbonyl (C=O) groups excluding carboxylic acids is 2. The van der Waals surface area contributed by atoms with Gasteiger partial charge in [-0.1, -0.05) is 48.3 Å². The van der Waals surface area contributed by atoms with Gasteiger partial charge in [-0.2, -0.15) is 0 Å². The molecule has 0 amide bonds. The molecule has 192 valence electrons. The summed E-state index contributed by atoms with van der Waals surface area (Å²) in [7, 11) is 1.69. The number of aliphatic hydroxyl groups is 1. The third-order valence-electron chi connectivity index (χ3n) is 9.40. The molecular formula is C30H37NO5. The molecule has 5 atom stereocenters. The number of hydrogen-bond donors (Lipinski definition) is 1. The van der Waals surface area contributed by atoms with E-state index < -0.39 is 11.6 Å². The number of fused-ring (bicyclic) bond motifs is 4. The van der Waals surface area contributed by atoms with E-state index >= 15 is 0 Å². The van der Waals surface area contributed by atoms with Crippen LogP contribution in [0.3, 0.4) is 0 Å². The van der Waals surface area contributed by atoms with Gasteiger partial charge in [-0.3, -0.25) is 4.79 Å². The third-order valence-corrected chi connectivity index (χ3v) is 9.40. The van der Waals surface area contributed by atoms with E-state index in [1.54, 1.807) is 13.3 Å². The highest BCUT2D eigenvalue weighted by atomic mass is 16.7. The van der Waals surface area contributed by atoms with Gasteiger partial charge in [0.15, 0.2) is 5.78 Å². The summed E-state index contributed by atoms with van der Waals surface area (Å²) >= 11 is 0. The zero-order valence-electron chi connectivity index (χ0n) is 21.6. The van der Waals surface area contributed by atoms with Crippen molar-refractivity contribution in [2.24, 2.45) is 22.4 Å². The van der Waals surface area contributed by atoms with Crippen molar-refractivity contribution in [1.29, 1.82) is 0 Å². The Morgan fingerprint density at radius 3 is 2.69 bits per heavy atom. The fraction of sp³-hybridized carbons (Fsp3) is 0.567. The lowest BCUT2D eigenvalue weighted by Gasteiger charge is -2.61. The molecule has 36 heavy (non-hydrogen) atoms. The van der Waals surface area contributed by atoms with Crippen LogP contribution in [0.15, 0.2) is 52.2 Å². The SMILES string of the molecule is COC[C@]1(O)CCCC2C3CCC4=CC(=O)CCC4=C3[C@@H](c3ccc(/C=N/OC(C)=O)cc3)C[C@@]21C. The van der Waals surface area contributed by atoms with Crippen LogP contribution in [0, 0.1) is 17.3 Å². The van der Waals surface area contributed by atoms with Gasteiger partial charge >= 0.3 is 5.97 Å². The summed E-state index contributed by atoms with van der Waals surface area (Å²) in [6.45, 7) is 3.97. The molecule has 2 fully saturated rings. The molecule has 4 aliphatic carbocycles. The first kappa shape index (κ1) is 25.1. The number of nitrogens with zero attached hydrogens (tertiary/aromatic N) is 1. The van der Waals surface area contributed by atoms with E-state index in [2.05, 4.69) is 24.2 Å². The van der Waals surface area contributed by atoms with Crippen LogP contribution >= 0.6 is 0 Å². The van der Waals surface area contributed by atoms with Gasteiger partial charge < -0.3 is 14.7 Å². The Balaban J connectivity index is 1.58. The summed E-state index contributed by atoms with van der Waals surface area (Å²) in [4.78, 5) is 28.0. The van der Waals surface area contributed by atoms with Gasteiger partial charge in [-0.15, -0.1) is 0 Å². The van der Waals surface area contributed by atoms with Gasteiger partial charge in [0, 0.05) is 31.8 Å². The second-order valence-electron chi connectivity index (χ2n) is 11.3. The van der Waals surface area contributed by atoms with Crippen LogP contribution in [0.4, 0.5) is 0 Å². The molecule has 2 unspecified atom stereocenters. The number of oxime groups is 1. The van der Waals surface area contributed by atoms with Crippen LogP contribution in [0.5, 0.6) is 0 Å². The molecule has 0 spiro atoms. The molecule has 1 N–H and O–H groups in total. The third kappa shape index (κ3) is 4.28. The van der Waals surface area contributed by atoms with Crippen LogP contribution in [0.25, 0.3) is 0 Å². The number of methoxy groups -OCH3 is 1. The summed E-state index contributed by atoms with van der Waals surface area (Å²) in [5, 5.41) is 15.7. The molecule has 0 aromatic heterocycles. The van der Waals surface area contributed by atoms with E-state index in [-0.39, 0.29) is 17.1 Å². The Morgan fingerprint density at radius 1 is 1.19 bits per heavy atom. The van der Waals surface area contributed by atoms with Crippen molar-refractivity contribution >= 4 is 18.0 Å². The maximum Gasteiger partial charge on any atom is 0.331 e. The van der Waals surface area contributed by atoms with E-state index in [0.717, 1.165) is 50.5 Å². The van der Waals surface area contributed by atoms with Crippen molar-refractivity contribution in [2.75, 3.05) is 13.7 Å². The number of allylic oxidation sites excluding steroid dienone is 4. The molecule has 0 heterocycles. The number of ketones is 1. The molecule has 1 aromatic rings. The predicted molar refractivity (Wildman–Crippen MR) is 138 cm³/mol. The van der Waals surface area contributed by atoms with Gasteiger partial charge in [0.05, 0.1) is 18.4 Å². The number of rotatable bonds is 5.